The fraction of sp³-hybridized carbons (Fsp3) is 0.611. The second-order valence-corrected chi connectivity index (χ2v) is 11.4. The van der Waals surface area contributed by atoms with Gasteiger partial charge in [-0.1, -0.05) is 13.8 Å². The van der Waals surface area contributed by atoms with Crippen molar-refractivity contribution in [2.24, 2.45) is 17.3 Å². The standard InChI is InChI=1S/C18H24Cl2N2O3S/c1-12-8-13(2)10-22(9-12)26(24,25)15-6-4-14(5-7-15)21-16(23)17(3)11-18(17,19)20/h4-7,12-13H,8-11H2,1-3H3,(H,21,23)/t12-,13-,17-/m1/s1. The second-order valence-electron chi connectivity index (χ2n) is 7.96. The first-order chi connectivity index (χ1) is 12.0. The van der Waals surface area contributed by atoms with Gasteiger partial charge in [0, 0.05) is 18.8 Å². The van der Waals surface area contributed by atoms with Gasteiger partial charge in [0.2, 0.25) is 15.9 Å². The summed E-state index contributed by atoms with van der Waals surface area (Å²) >= 11 is 12.0. The Kier molecular flexibility index (Phi) is 5.10. The number of nitrogens with one attached hydrogen (secondary N) is 1. The molecule has 1 aromatic carbocycles. The van der Waals surface area contributed by atoms with Crippen molar-refractivity contribution < 1.29 is 13.2 Å². The van der Waals surface area contributed by atoms with Gasteiger partial charge in [-0.15, -0.1) is 23.2 Å². The summed E-state index contributed by atoms with van der Waals surface area (Å²) in [5.74, 6) is 0.423. The van der Waals surface area contributed by atoms with Gasteiger partial charge in [0.1, 0.15) is 4.33 Å². The van der Waals surface area contributed by atoms with Crippen molar-refractivity contribution >= 4 is 44.8 Å². The van der Waals surface area contributed by atoms with Gasteiger partial charge in [-0.2, -0.15) is 4.31 Å². The monoisotopic (exact) mass is 418 g/mol. The van der Waals surface area contributed by atoms with Crippen molar-refractivity contribution in [2.75, 3.05) is 18.4 Å². The summed E-state index contributed by atoms with van der Waals surface area (Å²) in [7, 11) is -3.53. The van der Waals surface area contributed by atoms with E-state index >= 15 is 0 Å². The summed E-state index contributed by atoms with van der Waals surface area (Å²) in [4.78, 5) is 12.5. The van der Waals surface area contributed by atoms with Crippen LogP contribution in [0.25, 0.3) is 0 Å². The summed E-state index contributed by atoms with van der Waals surface area (Å²) in [5.41, 5.74) is -0.299. The van der Waals surface area contributed by atoms with Gasteiger partial charge < -0.3 is 5.32 Å². The molecule has 1 N–H and O–H groups in total. The second kappa shape index (κ2) is 6.66. The van der Waals surface area contributed by atoms with E-state index in [-0.39, 0.29) is 10.8 Å². The maximum absolute atomic E-state index is 12.9. The predicted molar refractivity (Wildman–Crippen MR) is 104 cm³/mol. The van der Waals surface area contributed by atoms with E-state index in [1.165, 1.54) is 12.1 Å². The van der Waals surface area contributed by atoms with Crippen molar-refractivity contribution in [3.05, 3.63) is 24.3 Å². The van der Waals surface area contributed by atoms with Crippen LogP contribution in [0.5, 0.6) is 0 Å². The van der Waals surface area contributed by atoms with Gasteiger partial charge in [-0.3, -0.25) is 4.79 Å². The highest BCUT2D eigenvalue weighted by molar-refractivity contribution is 7.89. The molecule has 26 heavy (non-hydrogen) atoms. The van der Waals surface area contributed by atoms with Crippen LogP contribution in [0.15, 0.2) is 29.2 Å². The normalized spacial score (nSPS) is 31.4. The lowest BCUT2D eigenvalue weighted by Gasteiger charge is -2.34. The molecule has 8 heteroatoms. The molecule has 1 heterocycles. The average molecular weight is 419 g/mol. The number of sulfonamides is 1. The maximum Gasteiger partial charge on any atom is 0.243 e. The van der Waals surface area contributed by atoms with Gasteiger partial charge in [0.15, 0.2) is 0 Å². The fourth-order valence-corrected chi connectivity index (χ4v) is 5.96. The molecule has 1 saturated carbocycles. The molecule has 0 bridgehead atoms. The molecule has 1 aliphatic carbocycles. The van der Waals surface area contributed by atoms with Crippen LogP contribution >= 0.6 is 23.2 Å². The number of halogens is 2. The molecule has 5 nitrogen and oxygen atoms in total. The summed E-state index contributed by atoms with van der Waals surface area (Å²) < 4.78 is 26.3. The van der Waals surface area contributed by atoms with Crippen LogP contribution in [0.3, 0.4) is 0 Å². The van der Waals surface area contributed by atoms with Crippen LogP contribution < -0.4 is 5.32 Å². The highest BCUT2D eigenvalue weighted by Gasteiger charge is 2.67. The lowest BCUT2D eigenvalue weighted by molar-refractivity contribution is -0.120. The maximum atomic E-state index is 12.9. The molecule has 0 spiro atoms. The number of alkyl halides is 2. The molecule has 3 atom stereocenters. The number of benzene rings is 1. The van der Waals surface area contributed by atoms with Gasteiger partial charge in [0.25, 0.3) is 0 Å². The number of carbonyl (C=O) groups excluding carboxylic acids is 1. The van der Waals surface area contributed by atoms with Gasteiger partial charge >= 0.3 is 0 Å². The zero-order chi connectivity index (χ0) is 19.3. The van der Waals surface area contributed by atoms with Crippen LogP contribution in [-0.2, 0) is 14.8 Å². The summed E-state index contributed by atoms with van der Waals surface area (Å²) in [6.07, 6.45) is 1.44. The molecular formula is C18H24Cl2N2O3S. The third kappa shape index (κ3) is 3.61. The molecule has 0 aromatic heterocycles. The van der Waals surface area contributed by atoms with E-state index < -0.39 is 19.8 Å². The lowest BCUT2D eigenvalue weighted by Crippen LogP contribution is -2.42. The van der Waals surface area contributed by atoms with E-state index in [0.29, 0.717) is 37.0 Å². The molecule has 0 radical (unpaired) electrons. The molecule has 1 saturated heterocycles. The predicted octanol–water partition coefficient (Wildman–Crippen LogP) is 3.88. The molecule has 1 aliphatic heterocycles. The number of hydrogen-bond donors (Lipinski definition) is 1. The van der Waals surface area contributed by atoms with Crippen LogP contribution in [0.4, 0.5) is 5.69 Å². The van der Waals surface area contributed by atoms with Crippen LogP contribution in [-0.4, -0.2) is 36.1 Å². The molecule has 1 aromatic rings. The van der Waals surface area contributed by atoms with E-state index in [4.69, 9.17) is 23.2 Å². The van der Waals surface area contributed by atoms with E-state index in [1.54, 1.807) is 23.4 Å². The van der Waals surface area contributed by atoms with E-state index in [1.807, 2.05) is 0 Å². The SMILES string of the molecule is C[C@@H]1C[C@@H](C)CN(S(=O)(=O)c2ccc(NC(=O)[C@@]3(C)CC3(Cl)Cl)cc2)C1. The van der Waals surface area contributed by atoms with Crippen molar-refractivity contribution in [1.82, 2.24) is 4.31 Å². The summed E-state index contributed by atoms with van der Waals surface area (Å²) in [6.45, 7) is 6.93. The van der Waals surface area contributed by atoms with E-state index in [2.05, 4.69) is 19.2 Å². The molecule has 2 aliphatic rings. The smallest absolute Gasteiger partial charge is 0.243 e. The Balaban J connectivity index is 1.72. The Morgan fingerprint density at radius 2 is 1.65 bits per heavy atom. The topological polar surface area (TPSA) is 66.5 Å². The van der Waals surface area contributed by atoms with Crippen LogP contribution in [0, 0.1) is 17.3 Å². The molecular weight excluding hydrogens is 395 g/mol. The highest BCUT2D eigenvalue weighted by Crippen LogP contribution is 2.64. The lowest BCUT2D eigenvalue weighted by atomic mass is 9.94. The number of piperidine rings is 1. The molecule has 3 rings (SSSR count). The van der Waals surface area contributed by atoms with Gasteiger partial charge in [0.05, 0.1) is 10.3 Å². The van der Waals surface area contributed by atoms with Crippen molar-refractivity contribution in [3.63, 3.8) is 0 Å². The first-order valence-electron chi connectivity index (χ1n) is 8.75. The van der Waals surface area contributed by atoms with Crippen molar-refractivity contribution in [1.29, 1.82) is 0 Å². The highest BCUT2D eigenvalue weighted by atomic mass is 35.5. The fourth-order valence-electron chi connectivity index (χ4n) is 3.58. The Bertz CT molecular complexity index is 800. The number of carbonyl (C=O) groups is 1. The van der Waals surface area contributed by atoms with Crippen molar-refractivity contribution in [3.8, 4) is 0 Å². The molecule has 2 fully saturated rings. The number of amides is 1. The van der Waals surface area contributed by atoms with E-state index in [0.717, 1.165) is 6.42 Å². The van der Waals surface area contributed by atoms with Gasteiger partial charge in [-0.25, -0.2) is 8.42 Å². The zero-order valence-corrected chi connectivity index (χ0v) is 17.5. The number of nitrogens with zero attached hydrogens (tertiary/aromatic N) is 1. The summed E-state index contributed by atoms with van der Waals surface area (Å²) in [6, 6.07) is 6.24. The molecule has 1 amide bonds. The Hall–Kier alpha value is -0.820. The number of rotatable bonds is 4. The van der Waals surface area contributed by atoms with Crippen LogP contribution in [0.2, 0.25) is 0 Å². The molecule has 144 valence electrons. The van der Waals surface area contributed by atoms with Gasteiger partial charge in [-0.05, 0) is 55.9 Å². The Labute approximate surface area is 165 Å². The largest absolute Gasteiger partial charge is 0.326 e. The Morgan fingerprint density at radius 1 is 1.15 bits per heavy atom. The van der Waals surface area contributed by atoms with Crippen LogP contribution in [0.1, 0.15) is 33.6 Å². The third-order valence-electron chi connectivity index (χ3n) is 5.34. The minimum Gasteiger partial charge on any atom is -0.326 e. The Morgan fingerprint density at radius 3 is 2.12 bits per heavy atom. The zero-order valence-electron chi connectivity index (χ0n) is 15.1. The van der Waals surface area contributed by atoms with Crippen molar-refractivity contribution in [2.45, 2.75) is 42.8 Å². The van der Waals surface area contributed by atoms with E-state index in [9.17, 15) is 13.2 Å². The molecule has 0 unspecified atom stereocenters. The first-order valence-corrected chi connectivity index (χ1v) is 10.9. The number of anilines is 1. The minimum absolute atomic E-state index is 0.235. The quantitative estimate of drug-likeness (QED) is 0.754. The third-order valence-corrected chi connectivity index (χ3v) is 8.29. The number of hydrogen-bond acceptors (Lipinski definition) is 3. The average Bonchev–Trinajstić information content (AvgIpc) is 3.06. The minimum atomic E-state index is -3.53. The first kappa shape index (κ1) is 19.9. The summed E-state index contributed by atoms with van der Waals surface area (Å²) in [5, 5.41) is 2.76.